The summed E-state index contributed by atoms with van der Waals surface area (Å²) in [5.41, 5.74) is 0.884. The highest BCUT2D eigenvalue weighted by atomic mass is 19.1. The van der Waals surface area contributed by atoms with Crippen molar-refractivity contribution in [1.82, 2.24) is 5.16 Å². The van der Waals surface area contributed by atoms with Gasteiger partial charge in [0.2, 0.25) is 11.8 Å². The number of anilines is 2. The first-order valence-corrected chi connectivity index (χ1v) is 6.87. The maximum atomic E-state index is 13.9. The number of nitrogens with zero attached hydrogens (tertiary/aromatic N) is 1. The quantitative estimate of drug-likeness (QED) is 0.858. The van der Waals surface area contributed by atoms with Gasteiger partial charge in [-0.2, -0.15) is 0 Å². The molecule has 1 aromatic carbocycles. The summed E-state index contributed by atoms with van der Waals surface area (Å²) in [7, 11) is 0. The Hall–Kier alpha value is -2.57. The van der Waals surface area contributed by atoms with E-state index in [0.29, 0.717) is 11.4 Å². The summed E-state index contributed by atoms with van der Waals surface area (Å²) in [4.78, 5) is 11.7. The number of hydrogen-bond donors (Lipinski definition) is 2. The molecule has 0 radical (unpaired) electrons. The van der Waals surface area contributed by atoms with Crippen LogP contribution in [0.5, 0.6) is 5.75 Å². The molecule has 0 spiro atoms. The fraction of sp³-hybridized carbons (Fsp3) is 0.333. The molecule has 1 amide bonds. The molecular weight excluding hydrogens is 289 g/mol. The minimum atomic E-state index is -0.485. The molecular formula is C15H18FN3O3. The highest BCUT2D eigenvalue weighted by Crippen LogP contribution is 2.21. The SMILES string of the molecule is Cc1cc(NC(=O)CNc2ccc(OC(C)C)cc2F)on1. The van der Waals surface area contributed by atoms with Gasteiger partial charge >= 0.3 is 0 Å². The third kappa shape index (κ3) is 4.47. The monoisotopic (exact) mass is 307 g/mol. The van der Waals surface area contributed by atoms with Gasteiger partial charge in [-0.3, -0.25) is 10.1 Å². The summed E-state index contributed by atoms with van der Waals surface area (Å²) < 4.78 is 24.1. The summed E-state index contributed by atoms with van der Waals surface area (Å²) in [6.45, 7) is 5.37. The highest BCUT2D eigenvalue weighted by Gasteiger charge is 2.09. The molecule has 0 saturated carbocycles. The zero-order chi connectivity index (χ0) is 16.1. The summed E-state index contributed by atoms with van der Waals surface area (Å²) in [6.07, 6.45) is -0.0330. The van der Waals surface area contributed by atoms with E-state index in [4.69, 9.17) is 9.26 Å². The Morgan fingerprint density at radius 1 is 1.41 bits per heavy atom. The Bertz CT molecular complexity index is 655. The van der Waals surface area contributed by atoms with Crippen molar-refractivity contribution in [2.75, 3.05) is 17.2 Å². The van der Waals surface area contributed by atoms with Gasteiger partial charge in [0, 0.05) is 12.1 Å². The average Bonchev–Trinajstić information content (AvgIpc) is 2.82. The third-order valence-electron chi connectivity index (χ3n) is 2.64. The number of nitrogens with one attached hydrogen (secondary N) is 2. The van der Waals surface area contributed by atoms with Gasteiger partial charge in [-0.1, -0.05) is 5.16 Å². The Morgan fingerprint density at radius 3 is 2.77 bits per heavy atom. The molecule has 22 heavy (non-hydrogen) atoms. The van der Waals surface area contributed by atoms with Crippen LogP contribution in [0.2, 0.25) is 0 Å². The first-order valence-electron chi connectivity index (χ1n) is 6.87. The van der Waals surface area contributed by atoms with Crippen molar-refractivity contribution in [2.45, 2.75) is 26.9 Å². The van der Waals surface area contributed by atoms with Gasteiger partial charge in [0.1, 0.15) is 11.6 Å². The lowest BCUT2D eigenvalue weighted by Crippen LogP contribution is -2.21. The van der Waals surface area contributed by atoms with Crippen molar-refractivity contribution in [3.05, 3.63) is 35.8 Å². The van der Waals surface area contributed by atoms with Crippen LogP contribution in [-0.2, 0) is 4.79 Å². The fourth-order valence-electron chi connectivity index (χ4n) is 1.76. The van der Waals surface area contributed by atoms with Gasteiger partial charge in [-0.25, -0.2) is 4.39 Å². The van der Waals surface area contributed by atoms with E-state index >= 15 is 0 Å². The van der Waals surface area contributed by atoms with Crippen LogP contribution >= 0.6 is 0 Å². The molecule has 7 heteroatoms. The minimum Gasteiger partial charge on any atom is -0.491 e. The van der Waals surface area contributed by atoms with Crippen LogP contribution in [0.15, 0.2) is 28.8 Å². The van der Waals surface area contributed by atoms with Crippen molar-refractivity contribution in [1.29, 1.82) is 0 Å². The van der Waals surface area contributed by atoms with Crippen LogP contribution in [-0.4, -0.2) is 23.7 Å². The number of halogens is 1. The number of ether oxygens (including phenoxy) is 1. The van der Waals surface area contributed by atoms with Crippen molar-refractivity contribution < 1.29 is 18.4 Å². The zero-order valence-corrected chi connectivity index (χ0v) is 12.6. The fourth-order valence-corrected chi connectivity index (χ4v) is 1.76. The van der Waals surface area contributed by atoms with Crippen molar-refractivity contribution in [2.24, 2.45) is 0 Å². The lowest BCUT2D eigenvalue weighted by atomic mass is 10.2. The molecule has 118 valence electrons. The second-order valence-corrected chi connectivity index (χ2v) is 5.04. The van der Waals surface area contributed by atoms with Gasteiger partial charge in [-0.15, -0.1) is 0 Å². The Kier molecular flexibility index (Phi) is 4.98. The third-order valence-corrected chi connectivity index (χ3v) is 2.64. The molecule has 1 aromatic heterocycles. The molecule has 0 bridgehead atoms. The van der Waals surface area contributed by atoms with Gasteiger partial charge in [-0.05, 0) is 32.9 Å². The first kappa shape index (κ1) is 15.8. The summed E-state index contributed by atoms with van der Waals surface area (Å²) in [5, 5.41) is 8.88. The molecule has 2 aromatic rings. The number of benzene rings is 1. The molecule has 6 nitrogen and oxygen atoms in total. The maximum Gasteiger partial charge on any atom is 0.246 e. The lowest BCUT2D eigenvalue weighted by Gasteiger charge is -2.12. The van der Waals surface area contributed by atoms with E-state index < -0.39 is 5.82 Å². The predicted octanol–water partition coefficient (Wildman–Crippen LogP) is 2.96. The largest absolute Gasteiger partial charge is 0.491 e. The molecule has 0 atom stereocenters. The molecule has 2 rings (SSSR count). The second-order valence-electron chi connectivity index (χ2n) is 5.04. The number of aromatic nitrogens is 1. The number of hydrogen-bond acceptors (Lipinski definition) is 5. The predicted molar refractivity (Wildman–Crippen MR) is 80.5 cm³/mol. The molecule has 1 heterocycles. The van der Waals surface area contributed by atoms with Crippen molar-refractivity contribution >= 4 is 17.5 Å². The number of amides is 1. The maximum absolute atomic E-state index is 13.9. The average molecular weight is 307 g/mol. The van der Waals surface area contributed by atoms with Crippen molar-refractivity contribution in [3.63, 3.8) is 0 Å². The van der Waals surface area contributed by atoms with E-state index in [-0.39, 0.29) is 30.1 Å². The summed E-state index contributed by atoms with van der Waals surface area (Å²) in [6, 6.07) is 6.04. The number of carbonyl (C=O) groups excluding carboxylic acids is 1. The molecule has 0 fully saturated rings. The number of aryl methyl sites for hydroxylation is 1. The van der Waals surface area contributed by atoms with E-state index in [1.165, 1.54) is 12.1 Å². The first-order chi connectivity index (χ1) is 10.4. The smallest absolute Gasteiger partial charge is 0.246 e. The van der Waals surface area contributed by atoms with Crippen LogP contribution in [0.4, 0.5) is 16.0 Å². The van der Waals surface area contributed by atoms with Crippen LogP contribution in [0.3, 0.4) is 0 Å². The normalized spacial score (nSPS) is 10.6. The lowest BCUT2D eigenvalue weighted by molar-refractivity contribution is -0.114. The number of rotatable bonds is 6. The second kappa shape index (κ2) is 6.93. The topological polar surface area (TPSA) is 76.4 Å². The number of carbonyl (C=O) groups is 1. The molecule has 0 aliphatic heterocycles. The van der Waals surface area contributed by atoms with Gasteiger partial charge in [0.05, 0.1) is 24.0 Å². The highest BCUT2D eigenvalue weighted by molar-refractivity contribution is 5.92. The Labute approximate surface area is 127 Å². The molecule has 2 N–H and O–H groups in total. The standard InChI is InChI=1S/C15H18FN3O3/c1-9(2)21-11-4-5-13(12(16)7-11)17-8-14(20)18-15-6-10(3)19-22-15/h4-7,9,17H,8H2,1-3H3,(H,18,20). The molecule has 0 aliphatic rings. The van der Waals surface area contributed by atoms with Crippen molar-refractivity contribution in [3.8, 4) is 5.75 Å². The van der Waals surface area contributed by atoms with E-state index in [1.54, 1.807) is 19.1 Å². The molecule has 0 aliphatic carbocycles. The summed E-state index contributed by atoms with van der Waals surface area (Å²) >= 11 is 0. The van der Waals surface area contributed by atoms with Gasteiger partial charge in [0.15, 0.2) is 0 Å². The van der Waals surface area contributed by atoms with E-state index in [1.807, 2.05) is 13.8 Å². The zero-order valence-electron chi connectivity index (χ0n) is 12.6. The van der Waals surface area contributed by atoms with E-state index in [0.717, 1.165) is 0 Å². The van der Waals surface area contributed by atoms with Crippen LogP contribution < -0.4 is 15.4 Å². The Morgan fingerprint density at radius 2 is 2.18 bits per heavy atom. The van der Waals surface area contributed by atoms with E-state index in [2.05, 4.69) is 15.8 Å². The van der Waals surface area contributed by atoms with Crippen LogP contribution in [0, 0.1) is 12.7 Å². The Balaban J connectivity index is 1.89. The minimum absolute atomic E-state index is 0.0330. The molecule has 0 saturated heterocycles. The molecule has 0 unspecified atom stereocenters. The van der Waals surface area contributed by atoms with Gasteiger partial charge < -0.3 is 14.6 Å². The van der Waals surface area contributed by atoms with Crippen LogP contribution in [0.1, 0.15) is 19.5 Å². The van der Waals surface area contributed by atoms with Crippen LogP contribution in [0.25, 0.3) is 0 Å². The van der Waals surface area contributed by atoms with E-state index in [9.17, 15) is 9.18 Å². The summed E-state index contributed by atoms with van der Waals surface area (Å²) in [5.74, 6) is -0.149. The van der Waals surface area contributed by atoms with Gasteiger partial charge in [0.25, 0.3) is 0 Å².